The number of ether oxygens (including phenoxy) is 2. The van der Waals surface area contributed by atoms with E-state index in [1.165, 1.54) is 0 Å². The molecule has 2 amide bonds. The van der Waals surface area contributed by atoms with Crippen molar-refractivity contribution in [1.29, 1.82) is 0 Å². The minimum atomic E-state index is -0.722. The van der Waals surface area contributed by atoms with Gasteiger partial charge >= 0.3 is 12.0 Å². The summed E-state index contributed by atoms with van der Waals surface area (Å²) in [5, 5.41) is 3.08. The number of nitrogens with two attached hydrogens (primary N) is 1. The van der Waals surface area contributed by atoms with E-state index in [9.17, 15) is 9.59 Å². The first-order valence-electron chi connectivity index (χ1n) is 7.69. The molecule has 0 heterocycles. The van der Waals surface area contributed by atoms with Crippen molar-refractivity contribution in [1.82, 2.24) is 5.32 Å². The Morgan fingerprint density at radius 2 is 1.72 bits per heavy atom. The molecule has 7 heteroatoms. The Morgan fingerprint density at radius 3 is 2.36 bits per heavy atom. The van der Waals surface area contributed by atoms with E-state index in [1.54, 1.807) is 24.3 Å². The molecule has 132 valence electrons. The molecule has 6 nitrogen and oxygen atoms in total. The van der Waals surface area contributed by atoms with Crippen molar-refractivity contribution >= 4 is 23.6 Å². The van der Waals surface area contributed by atoms with Crippen LogP contribution in [0.15, 0.2) is 54.6 Å². The lowest BCUT2D eigenvalue weighted by Crippen LogP contribution is -2.34. The number of amides is 2. The van der Waals surface area contributed by atoms with Gasteiger partial charge in [0.25, 0.3) is 0 Å². The van der Waals surface area contributed by atoms with Gasteiger partial charge in [0.2, 0.25) is 0 Å². The molecule has 0 aliphatic carbocycles. The summed E-state index contributed by atoms with van der Waals surface area (Å²) in [4.78, 5) is 23.2. The van der Waals surface area contributed by atoms with E-state index in [4.69, 9.17) is 26.8 Å². The van der Waals surface area contributed by atoms with Crippen molar-refractivity contribution in [2.75, 3.05) is 13.2 Å². The summed E-state index contributed by atoms with van der Waals surface area (Å²) in [7, 11) is 0. The topological polar surface area (TPSA) is 90.7 Å². The maximum atomic E-state index is 12.0. The molecule has 0 radical (unpaired) electrons. The van der Waals surface area contributed by atoms with Crippen LogP contribution in [0.3, 0.4) is 0 Å². The van der Waals surface area contributed by atoms with E-state index in [2.05, 4.69) is 5.32 Å². The monoisotopic (exact) mass is 362 g/mol. The molecule has 0 spiro atoms. The highest BCUT2D eigenvalue weighted by Crippen LogP contribution is 2.20. The Bertz CT molecular complexity index is 692. The number of esters is 1. The molecular weight excluding hydrogens is 344 g/mol. The predicted molar refractivity (Wildman–Crippen MR) is 94.4 cm³/mol. The van der Waals surface area contributed by atoms with Crippen LogP contribution in [-0.2, 0) is 9.53 Å². The quantitative estimate of drug-likeness (QED) is 0.557. The minimum Gasteiger partial charge on any atom is -0.490 e. The summed E-state index contributed by atoms with van der Waals surface area (Å²) in [6, 6.07) is 14.7. The van der Waals surface area contributed by atoms with Crippen LogP contribution in [0.1, 0.15) is 18.0 Å². The number of primary amides is 1. The van der Waals surface area contributed by atoms with Crippen molar-refractivity contribution in [3.63, 3.8) is 0 Å². The van der Waals surface area contributed by atoms with Gasteiger partial charge in [-0.15, -0.1) is 0 Å². The van der Waals surface area contributed by atoms with Gasteiger partial charge in [-0.05, 0) is 29.8 Å². The lowest BCUT2D eigenvalue weighted by atomic mass is 10.0. The Kier molecular flexibility index (Phi) is 7.10. The maximum Gasteiger partial charge on any atom is 0.312 e. The van der Waals surface area contributed by atoms with Gasteiger partial charge in [0, 0.05) is 5.02 Å². The van der Waals surface area contributed by atoms with E-state index in [-0.39, 0.29) is 19.6 Å². The van der Waals surface area contributed by atoms with Gasteiger partial charge < -0.3 is 20.5 Å². The van der Waals surface area contributed by atoms with Crippen LogP contribution < -0.4 is 15.8 Å². The van der Waals surface area contributed by atoms with E-state index in [1.807, 2.05) is 30.3 Å². The standard InChI is InChI=1S/C18H19ClN2O4/c19-14-8-6-13(7-9-14)16(21-18(20)23)12-17(22)25-11-10-24-15-4-2-1-3-5-15/h1-9,16H,10-12H2,(H3,20,21,23)/t16-/m1/s1. The van der Waals surface area contributed by atoms with Crippen molar-refractivity contribution in [3.8, 4) is 5.75 Å². The molecule has 2 aromatic carbocycles. The molecule has 0 aromatic heterocycles. The molecule has 25 heavy (non-hydrogen) atoms. The number of rotatable bonds is 8. The minimum absolute atomic E-state index is 0.0457. The van der Waals surface area contributed by atoms with Crippen molar-refractivity contribution in [2.45, 2.75) is 12.5 Å². The summed E-state index contributed by atoms with van der Waals surface area (Å²) in [5.41, 5.74) is 5.88. The number of nitrogens with one attached hydrogen (secondary N) is 1. The zero-order valence-electron chi connectivity index (χ0n) is 13.5. The van der Waals surface area contributed by atoms with E-state index >= 15 is 0 Å². The van der Waals surface area contributed by atoms with E-state index in [0.29, 0.717) is 16.3 Å². The molecule has 2 aromatic rings. The maximum absolute atomic E-state index is 12.0. The van der Waals surface area contributed by atoms with Gasteiger partial charge in [-0.25, -0.2) is 4.79 Å². The molecule has 0 aliphatic rings. The second kappa shape index (κ2) is 9.54. The van der Waals surface area contributed by atoms with E-state index < -0.39 is 18.0 Å². The predicted octanol–water partition coefficient (Wildman–Crippen LogP) is 3.06. The van der Waals surface area contributed by atoms with Crippen LogP contribution >= 0.6 is 11.6 Å². The van der Waals surface area contributed by atoms with Crippen LogP contribution in [0.5, 0.6) is 5.75 Å². The summed E-state index contributed by atoms with van der Waals surface area (Å²) in [6.07, 6.45) is -0.0457. The third-order valence-electron chi connectivity index (χ3n) is 3.32. The molecule has 1 atom stereocenters. The Hall–Kier alpha value is -2.73. The van der Waals surface area contributed by atoms with Gasteiger partial charge in [0.05, 0.1) is 12.5 Å². The zero-order valence-corrected chi connectivity index (χ0v) is 14.2. The number of halogens is 1. The first-order chi connectivity index (χ1) is 12.0. The lowest BCUT2D eigenvalue weighted by molar-refractivity contribution is -0.144. The SMILES string of the molecule is NC(=O)N[C@H](CC(=O)OCCOc1ccccc1)c1ccc(Cl)cc1. The fourth-order valence-corrected chi connectivity index (χ4v) is 2.30. The van der Waals surface area contributed by atoms with Crippen LogP contribution in [0.4, 0.5) is 4.79 Å². The smallest absolute Gasteiger partial charge is 0.312 e. The average Bonchev–Trinajstić information content (AvgIpc) is 2.59. The molecular formula is C18H19ClN2O4. The second-order valence-electron chi connectivity index (χ2n) is 5.20. The zero-order chi connectivity index (χ0) is 18.1. The summed E-state index contributed by atoms with van der Waals surface area (Å²) in [6.45, 7) is 0.349. The third kappa shape index (κ3) is 6.73. The Morgan fingerprint density at radius 1 is 1.04 bits per heavy atom. The number of carbonyl (C=O) groups is 2. The normalized spacial score (nSPS) is 11.4. The molecule has 0 fully saturated rings. The first-order valence-corrected chi connectivity index (χ1v) is 8.07. The summed E-state index contributed by atoms with van der Waals surface area (Å²) in [5.74, 6) is 0.235. The highest BCUT2D eigenvalue weighted by molar-refractivity contribution is 6.30. The molecule has 0 unspecified atom stereocenters. The number of hydrogen-bond acceptors (Lipinski definition) is 4. The van der Waals surface area contributed by atoms with Crippen molar-refractivity contribution < 1.29 is 19.1 Å². The number of benzene rings is 2. The number of para-hydroxylation sites is 1. The Balaban J connectivity index is 1.82. The molecule has 0 saturated heterocycles. The fraction of sp³-hybridized carbons (Fsp3) is 0.222. The number of hydrogen-bond donors (Lipinski definition) is 2. The summed E-state index contributed by atoms with van der Waals surface area (Å²) >= 11 is 5.85. The number of urea groups is 1. The van der Waals surface area contributed by atoms with Gasteiger partial charge in [0.15, 0.2) is 0 Å². The molecule has 0 saturated carbocycles. The van der Waals surface area contributed by atoms with Gasteiger partial charge in [-0.1, -0.05) is 41.9 Å². The van der Waals surface area contributed by atoms with Crippen molar-refractivity contribution in [2.24, 2.45) is 5.73 Å². The molecule has 3 N–H and O–H groups in total. The first kappa shape index (κ1) is 18.6. The number of carbonyl (C=O) groups excluding carboxylic acids is 2. The molecule has 2 rings (SSSR count). The average molecular weight is 363 g/mol. The largest absolute Gasteiger partial charge is 0.490 e. The summed E-state index contributed by atoms with van der Waals surface area (Å²) < 4.78 is 10.6. The third-order valence-corrected chi connectivity index (χ3v) is 3.57. The van der Waals surface area contributed by atoms with Gasteiger partial charge in [-0.3, -0.25) is 4.79 Å². The fourth-order valence-electron chi connectivity index (χ4n) is 2.18. The van der Waals surface area contributed by atoms with Crippen molar-refractivity contribution in [3.05, 3.63) is 65.2 Å². The van der Waals surface area contributed by atoms with Crippen LogP contribution in [0.25, 0.3) is 0 Å². The highest BCUT2D eigenvalue weighted by Gasteiger charge is 2.18. The molecule has 0 aliphatic heterocycles. The van der Waals surface area contributed by atoms with Gasteiger partial charge in [0.1, 0.15) is 19.0 Å². The van der Waals surface area contributed by atoms with Crippen LogP contribution in [0.2, 0.25) is 5.02 Å². The highest BCUT2D eigenvalue weighted by atomic mass is 35.5. The van der Waals surface area contributed by atoms with Crippen LogP contribution in [0, 0.1) is 0 Å². The van der Waals surface area contributed by atoms with E-state index in [0.717, 1.165) is 0 Å². The lowest BCUT2D eigenvalue weighted by Gasteiger charge is -2.17. The second-order valence-corrected chi connectivity index (χ2v) is 5.64. The van der Waals surface area contributed by atoms with Gasteiger partial charge in [-0.2, -0.15) is 0 Å². The Labute approximate surface area is 150 Å². The van der Waals surface area contributed by atoms with Crippen LogP contribution in [-0.4, -0.2) is 25.2 Å². The molecule has 0 bridgehead atoms.